The van der Waals surface area contributed by atoms with Gasteiger partial charge in [-0.15, -0.1) is 6.58 Å². The van der Waals surface area contributed by atoms with Crippen molar-refractivity contribution < 1.29 is 14.7 Å². The average molecular weight is 548 g/mol. The van der Waals surface area contributed by atoms with Crippen molar-refractivity contribution in [2.24, 2.45) is 5.92 Å². The lowest BCUT2D eigenvalue weighted by Crippen LogP contribution is -2.62. The molecule has 8 nitrogen and oxygen atoms in total. The number of aromatic nitrogens is 1. The molecule has 1 aromatic carbocycles. The van der Waals surface area contributed by atoms with E-state index in [4.69, 9.17) is 0 Å². The van der Waals surface area contributed by atoms with Crippen LogP contribution in [0.3, 0.4) is 0 Å². The molecule has 2 aliphatic heterocycles. The fraction of sp³-hybridized carbons (Fsp3) is 0.531. The van der Waals surface area contributed by atoms with Gasteiger partial charge in [0.15, 0.2) is 0 Å². The zero-order valence-electron chi connectivity index (χ0n) is 24.2. The number of pyridine rings is 1. The minimum atomic E-state index is -0.764. The summed E-state index contributed by atoms with van der Waals surface area (Å²) in [6, 6.07) is 13.8. The van der Waals surface area contributed by atoms with Crippen molar-refractivity contribution in [3.05, 3.63) is 78.6 Å². The highest BCUT2D eigenvalue weighted by atomic mass is 16.3. The zero-order chi connectivity index (χ0) is 28.7. The minimum Gasteiger partial charge on any atom is -0.390 e. The summed E-state index contributed by atoms with van der Waals surface area (Å²) < 4.78 is 0. The molecule has 0 saturated carbocycles. The number of rotatable bonds is 11. The SMILES string of the molecule is C=CCC1C[C@H](Cc2ccccc2)N(CC(O)CN2CCN(Cc3cccnc3)CC2C(=O)NC(C)(C)C)C1=O. The number of amides is 2. The summed E-state index contributed by atoms with van der Waals surface area (Å²) in [6.45, 7) is 13.1. The van der Waals surface area contributed by atoms with Crippen molar-refractivity contribution in [3.8, 4) is 0 Å². The number of aliphatic hydroxyl groups is 1. The Kier molecular flexibility index (Phi) is 10.1. The summed E-state index contributed by atoms with van der Waals surface area (Å²) >= 11 is 0. The Morgan fingerprint density at radius 1 is 1.15 bits per heavy atom. The number of carbonyl (C=O) groups excluding carboxylic acids is 2. The van der Waals surface area contributed by atoms with E-state index in [1.54, 1.807) is 6.20 Å². The van der Waals surface area contributed by atoms with E-state index in [0.29, 0.717) is 26.1 Å². The van der Waals surface area contributed by atoms with E-state index in [9.17, 15) is 14.7 Å². The smallest absolute Gasteiger partial charge is 0.239 e. The van der Waals surface area contributed by atoms with E-state index in [1.165, 1.54) is 5.56 Å². The molecule has 1 aromatic heterocycles. The van der Waals surface area contributed by atoms with Gasteiger partial charge in [0.25, 0.3) is 0 Å². The highest BCUT2D eigenvalue weighted by molar-refractivity contribution is 5.83. The molecule has 3 unspecified atom stereocenters. The molecule has 4 atom stereocenters. The van der Waals surface area contributed by atoms with E-state index in [-0.39, 0.29) is 35.9 Å². The Balaban J connectivity index is 1.44. The number of β-amino-alcohol motifs (C(OH)–C–C–N with tert-alkyl or cyclic N) is 1. The molecule has 0 spiro atoms. The number of carbonyl (C=O) groups is 2. The van der Waals surface area contributed by atoms with Crippen LogP contribution in [-0.2, 0) is 22.6 Å². The molecular formula is C32H45N5O3. The topological polar surface area (TPSA) is 89.0 Å². The molecule has 4 rings (SSSR count). The maximum absolute atomic E-state index is 13.4. The lowest BCUT2D eigenvalue weighted by atomic mass is 9.97. The summed E-state index contributed by atoms with van der Waals surface area (Å²) in [5, 5.41) is 14.4. The van der Waals surface area contributed by atoms with Crippen LogP contribution in [0.25, 0.3) is 0 Å². The second kappa shape index (κ2) is 13.5. The summed E-state index contributed by atoms with van der Waals surface area (Å²) in [6.07, 6.45) is 6.83. The van der Waals surface area contributed by atoms with Crippen LogP contribution < -0.4 is 5.32 Å². The zero-order valence-corrected chi connectivity index (χ0v) is 24.2. The number of aliphatic hydroxyl groups excluding tert-OH is 1. The van der Waals surface area contributed by atoms with Crippen molar-refractivity contribution in [1.82, 2.24) is 25.0 Å². The number of hydrogen-bond acceptors (Lipinski definition) is 6. The summed E-state index contributed by atoms with van der Waals surface area (Å²) in [4.78, 5) is 37.2. The van der Waals surface area contributed by atoms with Gasteiger partial charge in [0.1, 0.15) is 6.04 Å². The fourth-order valence-corrected chi connectivity index (χ4v) is 5.93. The molecule has 2 aliphatic rings. The number of piperazine rings is 1. The van der Waals surface area contributed by atoms with Gasteiger partial charge in [-0.2, -0.15) is 0 Å². The Bertz CT molecular complexity index is 1120. The lowest BCUT2D eigenvalue weighted by molar-refractivity contribution is -0.135. The van der Waals surface area contributed by atoms with Gasteiger partial charge >= 0.3 is 0 Å². The van der Waals surface area contributed by atoms with Gasteiger partial charge in [0.05, 0.1) is 6.10 Å². The first-order valence-corrected chi connectivity index (χ1v) is 14.4. The molecule has 2 amide bonds. The molecule has 2 fully saturated rings. The van der Waals surface area contributed by atoms with Crippen molar-refractivity contribution >= 4 is 11.8 Å². The van der Waals surface area contributed by atoms with Crippen LogP contribution in [0.15, 0.2) is 67.5 Å². The molecule has 216 valence electrons. The number of hydrogen-bond donors (Lipinski definition) is 2. The van der Waals surface area contributed by atoms with E-state index in [2.05, 4.69) is 38.8 Å². The van der Waals surface area contributed by atoms with E-state index < -0.39 is 12.1 Å². The second-order valence-electron chi connectivity index (χ2n) is 12.3. The standard InChI is InChI=1S/C32H45N5O3/c1-5-10-26-18-27(17-24-11-7-6-8-12-24)37(31(26)40)22-28(38)21-36-16-15-35(20-25-13-9-14-33-19-25)23-29(36)30(39)34-32(2,3)4/h5-9,11-14,19,26-29,38H,1,10,15-18,20-23H2,2-4H3,(H,34,39)/t26?,27-,28?,29?/m0/s1. The number of benzene rings is 1. The Hall–Kier alpha value is -3.07. The maximum atomic E-state index is 13.4. The van der Waals surface area contributed by atoms with Gasteiger partial charge in [-0.05, 0) is 57.2 Å². The predicted molar refractivity (Wildman–Crippen MR) is 157 cm³/mol. The van der Waals surface area contributed by atoms with Crippen LogP contribution in [0.5, 0.6) is 0 Å². The van der Waals surface area contributed by atoms with Crippen LogP contribution in [0, 0.1) is 5.92 Å². The molecule has 3 heterocycles. The monoisotopic (exact) mass is 547 g/mol. The average Bonchev–Trinajstić information content (AvgIpc) is 3.18. The number of nitrogens with zero attached hydrogens (tertiary/aromatic N) is 4. The normalized spacial score (nSPS) is 23.2. The molecule has 0 bridgehead atoms. The molecular weight excluding hydrogens is 502 g/mol. The van der Waals surface area contributed by atoms with Crippen LogP contribution in [0.4, 0.5) is 0 Å². The Labute approximate surface area is 239 Å². The first kappa shape index (κ1) is 29.9. The van der Waals surface area contributed by atoms with Crippen molar-refractivity contribution in [3.63, 3.8) is 0 Å². The Morgan fingerprint density at radius 2 is 1.90 bits per heavy atom. The molecule has 0 radical (unpaired) electrons. The van der Waals surface area contributed by atoms with Gasteiger partial charge in [-0.1, -0.05) is 42.5 Å². The van der Waals surface area contributed by atoms with Crippen molar-refractivity contribution in [2.45, 2.75) is 70.3 Å². The Morgan fingerprint density at radius 3 is 2.58 bits per heavy atom. The highest BCUT2D eigenvalue weighted by Crippen LogP contribution is 2.30. The molecule has 40 heavy (non-hydrogen) atoms. The van der Waals surface area contributed by atoms with E-state index >= 15 is 0 Å². The summed E-state index contributed by atoms with van der Waals surface area (Å²) in [5.41, 5.74) is 1.93. The third-order valence-electron chi connectivity index (χ3n) is 7.75. The van der Waals surface area contributed by atoms with Gasteiger partial charge in [0.2, 0.25) is 11.8 Å². The maximum Gasteiger partial charge on any atom is 0.239 e. The molecule has 0 aliphatic carbocycles. The van der Waals surface area contributed by atoms with Gasteiger partial charge in [0, 0.05) is 69.2 Å². The first-order valence-electron chi connectivity index (χ1n) is 14.4. The van der Waals surface area contributed by atoms with E-state index in [1.807, 2.05) is 68.3 Å². The second-order valence-corrected chi connectivity index (χ2v) is 12.3. The van der Waals surface area contributed by atoms with Crippen LogP contribution >= 0.6 is 0 Å². The number of likely N-dealkylation sites (tertiary alicyclic amines) is 1. The molecule has 8 heteroatoms. The molecule has 2 aromatic rings. The van der Waals surface area contributed by atoms with Gasteiger partial charge in [-0.3, -0.25) is 24.4 Å². The molecule has 2 N–H and O–H groups in total. The van der Waals surface area contributed by atoms with Crippen molar-refractivity contribution in [2.75, 3.05) is 32.7 Å². The number of allylic oxidation sites excluding steroid dienone is 1. The third kappa shape index (κ3) is 8.22. The third-order valence-corrected chi connectivity index (χ3v) is 7.75. The minimum absolute atomic E-state index is 0.0332. The first-order chi connectivity index (χ1) is 19.1. The van der Waals surface area contributed by atoms with Gasteiger partial charge < -0.3 is 15.3 Å². The largest absolute Gasteiger partial charge is 0.390 e. The highest BCUT2D eigenvalue weighted by Gasteiger charge is 2.40. The quantitative estimate of drug-likeness (QED) is 0.421. The van der Waals surface area contributed by atoms with E-state index in [0.717, 1.165) is 31.5 Å². The van der Waals surface area contributed by atoms with Crippen LogP contribution in [0.2, 0.25) is 0 Å². The number of nitrogens with one attached hydrogen (secondary N) is 1. The van der Waals surface area contributed by atoms with Crippen molar-refractivity contribution in [1.29, 1.82) is 0 Å². The van der Waals surface area contributed by atoms with Crippen LogP contribution in [-0.4, -0.2) is 93.1 Å². The fourth-order valence-electron chi connectivity index (χ4n) is 5.93. The van der Waals surface area contributed by atoms with Gasteiger partial charge in [-0.25, -0.2) is 0 Å². The predicted octanol–water partition coefficient (Wildman–Crippen LogP) is 2.88. The van der Waals surface area contributed by atoms with Crippen LogP contribution in [0.1, 0.15) is 44.7 Å². The summed E-state index contributed by atoms with van der Waals surface area (Å²) in [5.74, 6) is -0.0521. The lowest BCUT2D eigenvalue weighted by Gasteiger charge is -2.42. The molecule has 2 saturated heterocycles. The summed E-state index contributed by atoms with van der Waals surface area (Å²) in [7, 11) is 0.